The van der Waals surface area contributed by atoms with Crippen molar-refractivity contribution in [2.45, 2.75) is 45.3 Å². The minimum atomic E-state index is -0.126. The average Bonchev–Trinajstić information content (AvgIpc) is 2.56. The molecule has 0 aliphatic carbocycles. The Morgan fingerprint density at radius 3 is 2.52 bits per heavy atom. The maximum absolute atomic E-state index is 12.0. The molecule has 2 rings (SSSR count). The lowest BCUT2D eigenvalue weighted by molar-refractivity contribution is 0.179. The number of aliphatic hydroxyl groups excluding tert-OH is 1. The van der Waals surface area contributed by atoms with Gasteiger partial charge in [0.05, 0.1) is 0 Å². The van der Waals surface area contributed by atoms with Crippen molar-refractivity contribution in [3.63, 3.8) is 0 Å². The minimum absolute atomic E-state index is 0.0295. The molecule has 1 saturated heterocycles. The summed E-state index contributed by atoms with van der Waals surface area (Å²) in [5.41, 5.74) is 1.34. The van der Waals surface area contributed by atoms with Crippen molar-refractivity contribution in [3.8, 4) is 0 Å². The first-order valence-electron chi connectivity index (χ1n) is 8.52. The normalized spacial score (nSPS) is 19.1. The van der Waals surface area contributed by atoms with E-state index in [0.717, 1.165) is 32.5 Å². The van der Waals surface area contributed by atoms with Gasteiger partial charge in [-0.3, -0.25) is 4.90 Å². The summed E-state index contributed by atoms with van der Waals surface area (Å²) >= 11 is 0. The van der Waals surface area contributed by atoms with E-state index in [-0.39, 0.29) is 30.6 Å². The van der Waals surface area contributed by atoms with Gasteiger partial charge in [0.15, 0.2) is 0 Å². The van der Waals surface area contributed by atoms with E-state index in [9.17, 15) is 4.79 Å². The Bertz CT molecular complexity index is 472. The lowest BCUT2D eigenvalue weighted by Crippen LogP contribution is -2.50. The summed E-state index contributed by atoms with van der Waals surface area (Å²) in [5, 5.41) is 15.1. The summed E-state index contributed by atoms with van der Waals surface area (Å²) in [6, 6.07) is 10.6. The number of carbonyl (C=O) groups is 1. The van der Waals surface area contributed by atoms with Gasteiger partial charge < -0.3 is 15.7 Å². The van der Waals surface area contributed by atoms with E-state index in [1.807, 2.05) is 19.9 Å². The molecule has 2 unspecified atom stereocenters. The van der Waals surface area contributed by atoms with Crippen LogP contribution in [0.25, 0.3) is 0 Å². The zero-order chi connectivity index (χ0) is 16.7. The van der Waals surface area contributed by atoms with Crippen LogP contribution in [-0.4, -0.2) is 47.8 Å². The summed E-state index contributed by atoms with van der Waals surface area (Å²) in [6.07, 6.45) is 1.95. The molecule has 0 bridgehead atoms. The second-order valence-corrected chi connectivity index (χ2v) is 6.60. The van der Waals surface area contributed by atoms with E-state index >= 15 is 0 Å². The number of benzene rings is 1. The number of hydrogen-bond donors (Lipinski definition) is 3. The van der Waals surface area contributed by atoms with Crippen molar-refractivity contribution in [1.29, 1.82) is 0 Å². The Morgan fingerprint density at radius 2 is 1.91 bits per heavy atom. The van der Waals surface area contributed by atoms with Crippen LogP contribution in [0.1, 0.15) is 32.3 Å². The summed E-state index contributed by atoms with van der Waals surface area (Å²) in [4.78, 5) is 14.4. The first-order chi connectivity index (χ1) is 11.1. The zero-order valence-corrected chi connectivity index (χ0v) is 14.2. The van der Waals surface area contributed by atoms with Gasteiger partial charge in [0.2, 0.25) is 0 Å². The van der Waals surface area contributed by atoms with Crippen LogP contribution in [0.15, 0.2) is 30.3 Å². The van der Waals surface area contributed by atoms with Gasteiger partial charge in [0.25, 0.3) is 0 Å². The largest absolute Gasteiger partial charge is 0.396 e. The quantitative estimate of drug-likeness (QED) is 0.751. The zero-order valence-electron chi connectivity index (χ0n) is 14.2. The van der Waals surface area contributed by atoms with E-state index in [0.29, 0.717) is 0 Å². The number of nitrogens with zero attached hydrogens (tertiary/aromatic N) is 1. The summed E-state index contributed by atoms with van der Waals surface area (Å²) in [7, 11) is 0. The van der Waals surface area contributed by atoms with Crippen LogP contribution in [0, 0.1) is 5.92 Å². The molecule has 1 fully saturated rings. The first kappa shape index (κ1) is 17.8. The molecule has 0 radical (unpaired) electrons. The van der Waals surface area contributed by atoms with Crippen LogP contribution in [0.4, 0.5) is 4.79 Å². The number of hydrogen-bond acceptors (Lipinski definition) is 3. The van der Waals surface area contributed by atoms with Gasteiger partial charge >= 0.3 is 6.03 Å². The summed E-state index contributed by atoms with van der Waals surface area (Å²) in [6.45, 7) is 6.91. The molecule has 3 N–H and O–H groups in total. The Hall–Kier alpha value is -1.59. The van der Waals surface area contributed by atoms with Crippen LogP contribution >= 0.6 is 0 Å². The number of aliphatic hydroxyl groups is 1. The molecule has 1 heterocycles. The van der Waals surface area contributed by atoms with E-state index < -0.39 is 0 Å². The molecule has 0 aromatic heterocycles. The van der Waals surface area contributed by atoms with Gasteiger partial charge in [0, 0.05) is 38.3 Å². The second-order valence-electron chi connectivity index (χ2n) is 6.60. The Labute approximate surface area is 139 Å². The maximum atomic E-state index is 12.0. The third kappa shape index (κ3) is 5.84. The molecule has 5 heteroatoms. The number of carbonyl (C=O) groups excluding carboxylic acids is 1. The van der Waals surface area contributed by atoms with E-state index in [1.165, 1.54) is 5.56 Å². The SMILES string of the molecule is CC(CO)C(C)NC(=O)NC1CCN(Cc2ccccc2)CC1. The first-order valence-corrected chi connectivity index (χ1v) is 8.52. The lowest BCUT2D eigenvalue weighted by atomic mass is 10.0. The van der Waals surface area contributed by atoms with Gasteiger partial charge in [-0.2, -0.15) is 0 Å². The highest BCUT2D eigenvalue weighted by Crippen LogP contribution is 2.14. The standard InChI is InChI=1S/C18H29N3O2/c1-14(13-22)15(2)19-18(23)20-17-8-10-21(11-9-17)12-16-6-4-3-5-7-16/h3-7,14-15,17,22H,8-13H2,1-2H3,(H2,19,20,23). The minimum Gasteiger partial charge on any atom is -0.396 e. The van der Waals surface area contributed by atoms with Crippen molar-refractivity contribution in [2.75, 3.05) is 19.7 Å². The molecule has 1 aliphatic heterocycles. The van der Waals surface area contributed by atoms with Gasteiger partial charge in [-0.1, -0.05) is 37.3 Å². The third-order valence-corrected chi connectivity index (χ3v) is 4.67. The predicted molar refractivity (Wildman–Crippen MR) is 92.1 cm³/mol. The van der Waals surface area contributed by atoms with Crippen LogP contribution in [0.3, 0.4) is 0 Å². The number of piperidine rings is 1. The molecule has 2 amide bonds. The fourth-order valence-corrected chi connectivity index (χ4v) is 2.81. The number of rotatable bonds is 6. The van der Waals surface area contributed by atoms with Crippen LogP contribution in [0.2, 0.25) is 0 Å². The molecule has 0 saturated carbocycles. The van der Waals surface area contributed by atoms with Crippen LogP contribution < -0.4 is 10.6 Å². The fraction of sp³-hybridized carbons (Fsp3) is 0.611. The van der Waals surface area contributed by atoms with Crippen molar-refractivity contribution in [3.05, 3.63) is 35.9 Å². The van der Waals surface area contributed by atoms with Crippen molar-refractivity contribution < 1.29 is 9.90 Å². The van der Waals surface area contributed by atoms with E-state index in [2.05, 4.69) is 39.8 Å². The predicted octanol–water partition coefficient (Wildman–Crippen LogP) is 1.97. The van der Waals surface area contributed by atoms with E-state index in [4.69, 9.17) is 5.11 Å². The smallest absolute Gasteiger partial charge is 0.315 e. The van der Waals surface area contributed by atoms with Gasteiger partial charge in [0.1, 0.15) is 0 Å². The second kappa shape index (κ2) is 8.89. The molecule has 5 nitrogen and oxygen atoms in total. The summed E-state index contributed by atoms with van der Waals surface area (Å²) < 4.78 is 0. The number of likely N-dealkylation sites (tertiary alicyclic amines) is 1. The Kier molecular flexibility index (Phi) is 6.86. The molecular weight excluding hydrogens is 290 g/mol. The molecule has 23 heavy (non-hydrogen) atoms. The highest BCUT2D eigenvalue weighted by atomic mass is 16.3. The van der Waals surface area contributed by atoms with Crippen molar-refractivity contribution in [2.24, 2.45) is 5.92 Å². The number of urea groups is 1. The van der Waals surface area contributed by atoms with Gasteiger partial charge in [-0.25, -0.2) is 4.79 Å². The van der Waals surface area contributed by atoms with Gasteiger partial charge in [-0.15, -0.1) is 0 Å². The topological polar surface area (TPSA) is 64.6 Å². The number of nitrogens with one attached hydrogen (secondary N) is 2. The van der Waals surface area contributed by atoms with Crippen molar-refractivity contribution >= 4 is 6.03 Å². The average molecular weight is 319 g/mol. The molecule has 0 spiro atoms. The molecule has 1 aliphatic rings. The Morgan fingerprint density at radius 1 is 1.26 bits per heavy atom. The highest BCUT2D eigenvalue weighted by molar-refractivity contribution is 5.74. The maximum Gasteiger partial charge on any atom is 0.315 e. The summed E-state index contributed by atoms with van der Waals surface area (Å²) in [5.74, 6) is 0.0634. The van der Waals surface area contributed by atoms with Gasteiger partial charge in [-0.05, 0) is 31.2 Å². The van der Waals surface area contributed by atoms with Crippen LogP contribution in [-0.2, 0) is 6.54 Å². The van der Waals surface area contributed by atoms with Crippen molar-refractivity contribution in [1.82, 2.24) is 15.5 Å². The highest BCUT2D eigenvalue weighted by Gasteiger charge is 2.22. The fourth-order valence-electron chi connectivity index (χ4n) is 2.81. The molecular formula is C18H29N3O2. The number of amides is 2. The Balaban J connectivity index is 1.69. The van der Waals surface area contributed by atoms with Crippen LogP contribution in [0.5, 0.6) is 0 Å². The lowest BCUT2D eigenvalue weighted by Gasteiger charge is -2.32. The van der Waals surface area contributed by atoms with E-state index in [1.54, 1.807) is 0 Å². The molecule has 2 atom stereocenters. The third-order valence-electron chi connectivity index (χ3n) is 4.67. The molecule has 1 aromatic carbocycles. The molecule has 1 aromatic rings. The molecule has 128 valence electrons. The monoisotopic (exact) mass is 319 g/mol.